The van der Waals surface area contributed by atoms with Crippen molar-refractivity contribution in [2.75, 3.05) is 18.9 Å². The molecular formula is C13H12N2O2. The molecule has 1 aromatic carbocycles. The Morgan fingerprint density at radius 2 is 2.00 bits per heavy atom. The Hall–Kier alpha value is -2.28. The van der Waals surface area contributed by atoms with Crippen LogP contribution in [0.2, 0.25) is 0 Å². The maximum Gasteiger partial charge on any atom is 0.261 e. The zero-order valence-corrected chi connectivity index (χ0v) is 9.49. The molecule has 0 radical (unpaired) electrons. The number of fused-ring (bicyclic) bond motifs is 1. The molecule has 1 heterocycles. The van der Waals surface area contributed by atoms with E-state index in [4.69, 9.17) is 6.42 Å². The lowest BCUT2D eigenvalue weighted by Gasteiger charge is -2.05. The first-order chi connectivity index (χ1) is 8.15. The van der Waals surface area contributed by atoms with Crippen LogP contribution in [0.4, 0.5) is 5.69 Å². The predicted molar refractivity (Wildman–Crippen MR) is 64.8 cm³/mol. The Labute approximate surface area is 99.6 Å². The van der Waals surface area contributed by atoms with E-state index in [1.807, 2.05) is 0 Å². The number of nitrogens with one attached hydrogen (secondary N) is 1. The molecule has 2 amide bonds. The van der Waals surface area contributed by atoms with Gasteiger partial charge >= 0.3 is 0 Å². The molecule has 1 aromatic rings. The SMILES string of the molecule is C#CCCNc1ccc2c(c1)C(=O)N(C)C2=O. The van der Waals surface area contributed by atoms with Gasteiger partial charge in [-0.25, -0.2) is 0 Å². The molecule has 1 aliphatic rings. The van der Waals surface area contributed by atoms with E-state index in [1.54, 1.807) is 18.2 Å². The summed E-state index contributed by atoms with van der Waals surface area (Å²) in [6.45, 7) is 0.646. The summed E-state index contributed by atoms with van der Waals surface area (Å²) in [7, 11) is 1.48. The standard InChI is InChI=1S/C13H12N2O2/c1-3-4-7-14-9-5-6-10-11(8-9)13(17)15(2)12(10)16/h1,5-6,8,14H,4,7H2,2H3. The van der Waals surface area contributed by atoms with E-state index >= 15 is 0 Å². The van der Waals surface area contributed by atoms with Crippen LogP contribution in [0.15, 0.2) is 18.2 Å². The monoisotopic (exact) mass is 228 g/mol. The maximum absolute atomic E-state index is 11.7. The van der Waals surface area contributed by atoms with Crippen molar-refractivity contribution in [1.29, 1.82) is 0 Å². The molecule has 0 aromatic heterocycles. The molecule has 17 heavy (non-hydrogen) atoms. The Kier molecular flexibility index (Phi) is 2.84. The minimum absolute atomic E-state index is 0.250. The van der Waals surface area contributed by atoms with Crippen LogP contribution >= 0.6 is 0 Å². The van der Waals surface area contributed by atoms with E-state index in [2.05, 4.69) is 11.2 Å². The van der Waals surface area contributed by atoms with E-state index in [0.717, 1.165) is 10.6 Å². The number of amides is 2. The molecule has 0 bridgehead atoms. The number of benzene rings is 1. The largest absolute Gasteiger partial charge is 0.384 e. The first kappa shape index (κ1) is 11.2. The van der Waals surface area contributed by atoms with Gasteiger partial charge in [-0.15, -0.1) is 12.3 Å². The van der Waals surface area contributed by atoms with E-state index in [1.165, 1.54) is 7.05 Å². The fourth-order valence-electron chi connectivity index (χ4n) is 1.75. The van der Waals surface area contributed by atoms with Gasteiger partial charge in [0.1, 0.15) is 0 Å². The number of carbonyl (C=O) groups excluding carboxylic acids is 2. The van der Waals surface area contributed by atoms with Crippen LogP contribution < -0.4 is 5.32 Å². The second-order valence-corrected chi connectivity index (χ2v) is 3.81. The summed E-state index contributed by atoms with van der Waals surface area (Å²) >= 11 is 0. The van der Waals surface area contributed by atoms with Crippen LogP contribution in [0.25, 0.3) is 0 Å². The molecule has 0 fully saturated rings. The normalized spacial score (nSPS) is 13.5. The molecule has 86 valence electrons. The third-order valence-corrected chi connectivity index (χ3v) is 2.69. The van der Waals surface area contributed by atoms with Crippen molar-refractivity contribution in [2.24, 2.45) is 0 Å². The molecular weight excluding hydrogens is 216 g/mol. The Morgan fingerprint density at radius 1 is 1.29 bits per heavy atom. The highest BCUT2D eigenvalue weighted by Gasteiger charge is 2.32. The van der Waals surface area contributed by atoms with Crippen LogP contribution in [0.5, 0.6) is 0 Å². The third-order valence-electron chi connectivity index (χ3n) is 2.69. The minimum Gasteiger partial charge on any atom is -0.384 e. The summed E-state index contributed by atoms with van der Waals surface area (Å²) in [6.07, 6.45) is 5.76. The van der Waals surface area contributed by atoms with Gasteiger partial charge in [-0.05, 0) is 18.2 Å². The number of nitrogens with zero attached hydrogens (tertiary/aromatic N) is 1. The van der Waals surface area contributed by atoms with Crippen molar-refractivity contribution in [2.45, 2.75) is 6.42 Å². The maximum atomic E-state index is 11.7. The Morgan fingerprint density at radius 3 is 2.71 bits per heavy atom. The van der Waals surface area contributed by atoms with Gasteiger partial charge in [-0.1, -0.05) is 0 Å². The Balaban J connectivity index is 2.25. The van der Waals surface area contributed by atoms with Crippen molar-refractivity contribution < 1.29 is 9.59 Å². The topological polar surface area (TPSA) is 49.4 Å². The van der Waals surface area contributed by atoms with Gasteiger partial charge in [-0.3, -0.25) is 14.5 Å². The van der Waals surface area contributed by atoms with Gasteiger partial charge in [0.15, 0.2) is 0 Å². The van der Waals surface area contributed by atoms with Crippen molar-refractivity contribution >= 4 is 17.5 Å². The zero-order chi connectivity index (χ0) is 12.4. The smallest absolute Gasteiger partial charge is 0.261 e. The van der Waals surface area contributed by atoms with Gasteiger partial charge < -0.3 is 5.32 Å². The van der Waals surface area contributed by atoms with Crippen molar-refractivity contribution in [3.63, 3.8) is 0 Å². The van der Waals surface area contributed by atoms with Crippen LogP contribution in [0.3, 0.4) is 0 Å². The molecule has 1 aliphatic heterocycles. The second-order valence-electron chi connectivity index (χ2n) is 3.81. The number of hydrogen-bond acceptors (Lipinski definition) is 3. The van der Waals surface area contributed by atoms with E-state index in [-0.39, 0.29) is 11.8 Å². The fraction of sp³-hybridized carbons (Fsp3) is 0.231. The number of anilines is 1. The van der Waals surface area contributed by atoms with E-state index in [0.29, 0.717) is 24.1 Å². The summed E-state index contributed by atoms with van der Waals surface area (Å²) < 4.78 is 0. The van der Waals surface area contributed by atoms with Gasteiger partial charge in [0.2, 0.25) is 0 Å². The molecule has 0 atom stereocenters. The predicted octanol–water partition coefficient (Wildman–Crippen LogP) is 1.35. The Bertz CT molecular complexity index is 529. The highest BCUT2D eigenvalue weighted by Crippen LogP contribution is 2.24. The van der Waals surface area contributed by atoms with Crippen LogP contribution in [-0.4, -0.2) is 30.3 Å². The van der Waals surface area contributed by atoms with Crippen molar-refractivity contribution in [1.82, 2.24) is 4.90 Å². The molecule has 4 nitrogen and oxygen atoms in total. The summed E-state index contributed by atoms with van der Waals surface area (Å²) in [5.74, 6) is 2.01. The second kappa shape index (κ2) is 4.30. The lowest BCUT2D eigenvalue weighted by atomic mass is 10.1. The fourth-order valence-corrected chi connectivity index (χ4v) is 1.75. The number of hydrogen-bond donors (Lipinski definition) is 1. The summed E-state index contributed by atoms with van der Waals surface area (Å²) in [5.41, 5.74) is 1.71. The highest BCUT2D eigenvalue weighted by molar-refractivity contribution is 6.21. The first-order valence-corrected chi connectivity index (χ1v) is 5.29. The summed E-state index contributed by atoms with van der Waals surface area (Å²) in [4.78, 5) is 24.5. The lowest BCUT2D eigenvalue weighted by molar-refractivity contribution is 0.0693. The van der Waals surface area contributed by atoms with E-state index in [9.17, 15) is 9.59 Å². The molecule has 4 heteroatoms. The molecule has 0 aliphatic carbocycles. The molecule has 0 saturated heterocycles. The average Bonchev–Trinajstić information content (AvgIpc) is 2.55. The molecule has 1 N–H and O–H groups in total. The first-order valence-electron chi connectivity index (χ1n) is 5.29. The van der Waals surface area contributed by atoms with Gasteiger partial charge in [0, 0.05) is 25.7 Å². The number of rotatable bonds is 3. The molecule has 2 rings (SSSR count). The minimum atomic E-state index is -0.259. The van der Waals surface area contributed by atoms with Crippen LogP contribution in [-0.2, 0) is 0 Å². The summed E-state index contributed by atoms with van der Waals surface area (Å²) in [6, 6.07) is 5.13. The van der Waals surface area contributed by atoms with Crippen LogP contribution in [0.1, 0.15) is 27.1 Å². The summed E-state index contributed by atoms with van der Waals surface area (Å²) in [5, 5.41) is 3.10. The highest BCUT2D eigenvalue weighted by atomic mass is 16.2. The number of carbonyl (C=O) groups is 2. The van der Waals surface area contributed by atoms with Crippen molar-refractivity contribution in [3.8, 4) is 12.3 Å². The van der Waals surface area contributed by atoms with E-state index < -0.39 is 0 Å². The number of imide groups is 1. The van der Waals surface area contributed by atoms with Gasteiger partial charge in [0.25, 0.3) is 11.8 Å². The lowest BCUT2D eigenvalue weighted by Crippen LogP contribution is -2.24. The van der Waals surface area contributed by atoms with Crippen LogP contribution in [0, 0.1) is 12.3 Å². The zero-order valence-electron chi connectivity index (χ0n) is 9.49. The van der Waals surface area contributed by atoms with Gasteiger partial charge in [-0.2, -0.15) is 0 Å². The third kappa shape index (κ3) is 1.87. The molecule has 0 spiro atoms. The number of terminal acetylenes is 1. The van der Waals surface area contributed by atoms with Gasteiger partial charge in [0.05, 0.1) is 11.1 Å². The quantitative estimate of drug-likeness (QED) is 0.482. The average molecular weight is 228 g/mol. The van der Waals surface area contributed by atoms with Crippen molar-refractivity contribution in [3.05, 3.63) is 29.3 Å². The molecule has 0 saturated carbocycles. The molecule has 0 unspecified atom stereocenters.